The van der Waals surface area contributed by atoms with E-state index in [4.69, 9.17) is 0 Å². The number of nitrogens with zero attached hydrogens (tertiary/aromatic N) is 1. The van der Waals surface area contributed by atoms with Gasteiger partial charge in [-0.3, -0.25) is 9.59 Å². The molecule has 1 aliphatic heterocycles. The minimum Gasteiger partial charge on any atom is -0.349 e. The zero-order valence-corrected chi connectivity index (χ0v) is 19.5. The largest absolute Gasteiger partial charge is 0.349 e. The summed E-state index contributed by atoms with van der Waals surface area (Å²) in [5.41, 5.74) is 0.322. The number of pyridine rings is 1. The second kappa shape index (κ2) is 9.75. The number of carbonyl (C=O) groups is 1. The summed E-state index contributed by atoms with van der Waals surface area (Å²) in [6, 6.07) is 6.00. The van der Waals surface area contributed by atoms with Crippen molar-refractivity contribution in [2.45, 2.75) is 75.6 Å². The second-order valence-electron chi connectivity index (χ2n) is 9.36. The summed E-state index contributed by atoms with van der Waals surface area (Å²) in [6.07, 6.45) is 9.31. The minimum atomic E-state index is -3.66. The lowest BCUT2D eigenvalue weighted by Gasteiger charge is -2.29. The fraction of sp³-hybridized carbons (Fsp3) is 0.583. The molecular weight excluding hydrogens is 426 g/mol. The molecule has 174 valence electrons. The van der Waals surface area contributed by atoms with Crippen molar-refractivity contribution >= 4 is 26.8 Å². The van der Waals surface area contributed by atoms with Crippen LogP contribution in [0.4, 0.5) is 0 Å². The zero-order chi connectivity index (χ0) is 22.7. The number of aromatic nitrogens is 1. The summed E-state index contributed by atoms with van der Waals surface area (Å²) in [7, 11) is -3.66. The Balaban J connectivity index is 1.65. The number of sulfonamides is 1. The van der Waals surface area contributed by atoms with Crippen LogP contribution in [-0.4, -0.2) is 42.7 Å². The van der Waals surface area contributed by atoms with Crippen molar-refractivity contribution in [3.63, 3.8) is 0 Å². The zero-order valence-electron chi connectivity index (χ0n) is 18.7. The van der Waals surface area contributed by atoms with Crippen LogP contribution >= 0.6 is 0 Å². The molecule has 2 fully saturated rings. The van der Waals surface area contributed by atoms with E-state index >= 15 is 0 Å². The molecule has 1 amide bonds. The maximum absolute atomic E-state index is 13.2. The Morgan fingerprint density at radius 2 is 1.66 bits per heavy atom. The van der Waals surface area contributed by atoms with Crippen LogP contribution in [0, 0.1) is 5.92 Å². The molecule has 0 unspecified atom stereocenters. The lowest BCUT2D eigenvalue weighted by molar-refractivity contribution is 0.0932. The van der Waals surface area contributed by atoms with Gasteiger partial charge in [-0.05, 0) is 49.8 Å². The van der Waals surface area contributed by atoms with Gasteiger partial charge in [0.1, 0.15) is 0 Å². The standard InChI is InChI=1S/C24H33N3O4S/c1-17-11-13-27(14-12-17)32(30,31)19-9-10-22-20(15-19)21(16-23(28)26-22)24(29)25-18-7-5-3-2-4-6-8-18/h9-10,15-18H,2-8,11-14H2,1H3,(H,25,29)(H,26,28). The van der Waals surface area contributed by atoms with Crippen molar-refractivity contribution in [3.05, 3.63) is 40.2 Å². The van der Waals surface area contributed by atoms with Crippen molar-refractivity contribution in [2.24, 2.45) is 5.92 Å². The average Bonchev–Trinajstić information content (AvgIpc) is 2.74. The third-order valence-electron chi connectivity index (χ3n) is 6.88. The lowest BCUT2D eigenvalue weighted by atomic mass is 9.96. The Hall–Kier alpha value is -2.19. The number of fused-ring (bicyclic) bond motifs is 1. The molecule has 1 aromatic carbocycles. The van der Waals surface area contributed by atoms with E-state index in [0.29, 0.717) is 29.9 Å². The molecular formula is C24H33N3O4S. The SMILES string of the molecule is CC1CCN(S(=O)(=O)c2ccc3[nH]c(=O)cc(C(=O)NC4CCCCCCC4)c3c2)CC1. The number of piperidine rings is 1. The Morgan fingerprint density at radius 3 is 2.34 bits per heavy atom. The molecule has 0 atom stereocenters. The number of H-pyrrole nitrogens is 1. The Bertz CT molecular complexity index is 1130. The Labute approximate surface area is 189 Å². The molecule has 8 heteroatoms. The van der Waals surface area contributed by atoms with Gasteiger partial charge in [-0.25, -0.2) is 8.42 Å². The first-order chi connectivity index (χ1) is 15.3. The van der Waals surface area contributed by atoms with Crippen LogP contribution in [0.2, 0.25) is 0 Å². The number of hydrogen-bond donors (Lipinski definition) is 2. The van der Waals surface area contributed by atoms with E-state index in [-0.39, 0.29) is 28.0 Å². The molecule has 7 nitrogen and oxygen atoms in total. The number of nitrogens with one attached hydrogen (secondary N) is 2. The summed E-state index contributed by atoms with van der Waals surface area (Å²) >= 11 is 0. The Morgan fingerprint density at radius 1 is 1.00 bits per heavy atom. The maximum atomic E-state index is 13.2. The van der Waals surface area contributed by atoms with Crippen LogP contribution in [0.5, 0.6) is 0 Å². The van der Waals surface area contributed by atoms with E-state index in [1.54, 1.807) is 6.07 Å². The van der Waals surface area contributed by atoms with Crippen LogP contribution in [0.1, 0.15) is 75.1 Å². The molecule has 0 radical (unpaired) electrons. The summed E-state index contributed by atoms with van der Waals surface area (Å²) in [5.74, 6) is 0.208. The minimum absolute atomic E-state index is 0.0828. The van der Waals surface area contributed by atoms with Gasteiger partial charge in [0.05, 0.1) is 10.5 Å². The van der Waals surface area contributed by atoms with Gasteiger partial charge in [0.15, 0.2) is 0 Å². The van der Waals surface area contributed by atoms with Gasteiger partial charge in [-0.15, -0.1) is 0 Å². The van der Waals surface area contributed by atoms with Crippen LogP contribution in [0.3, 0.4) is 0 Å². The van der Waals surface area contributed by atoms with Crippen LogP contribution in [0.25, 0.3) is 10.9 Å². The number of amides is 1. The molecule has 2 N–H and O–H groups in total. The first-order valence-corrected chi connectivity index (χ1v) is 13.3. The van der Waals surface area contributed by atoms with Crippen LogP contribution in [0.15, 0.2) is 34.0 Å². The van der Waals surface area contributed by atoms with Crippen molar-refractivity contribution in [2.75, 3.05) is 13.1 Å². The summed E-state index contributed by atoms with van der Waals surface area (Å²) in [6.45, 7) is 3.14. The van der Waals surface area contributed by atoms with Crippen molar-refractivity contribution in [1.82, 2.24) is 14.6 Å². The summed E-state index contributed by atoms with van der Waals surface area (Å²) < 4.78 is 28.0. The molecule has 1 saturated heterocycles. The van der Waals surface area contributed by atoms with Gasteiger partial charge in [-0.1, -0.05) is 39.0 Å². The second-order valence-corrected chi connectivity index (χ2v) is 11.3. The molecule has 1 saturated carbocycles. The molecule has 0 bridgehead atoms. The monoisotopic (exact) mass is 459 g/mol. The van der Waals surface area contributed by atoms with Gasteiger partial charge >= 0.3 is 0 Å². The summed E-state index contributed by atoms with van der Waals surface area (Å²) in [5, 5.41) is 3.55. The fourth-order valence-corrected chi connectivity index (χ4v) is 6.32. The molecule has 2 aliphatic rings. The summed E-state index contributed by atoms with van der Waals surface area (Å²) in [4.78, 5) is 28.2. The van der Waals surface area contributed by atoms with Crippen molar-refractivity contribution < 1.29 is 13.2 Å². The van der Waals surface area contributed by atoms with E-state index in [2.05, 4.69) is 17.2 Å². The number of rotatable bonds is 4. The molecule has 1 aliphatic carbocycles. The highest BCUT2D eigenvalue weighted by Crippen LogP contribution is 2.27. The van der Waals surface area contributed by atoms with Crippen molar-refractivity contribution in [1.29, 1.82) is 0 Å². The third kappa shape index (κ3) is 5.07. The Kier molecular flexibility index (Phi) is 7.00. The fourth-order valence-electron chi connectivity index (χ4n) is 4.82. The smallest absolute Gasteiger partial charge is 0.252 e. The number of benzene rings is 1. The van der Waals surface area contributed by atoms with E-state index in [9.17, 15) is 18.0 Å². The highest BCUT2D eigenvalue weighted by molar-refractivity contribution is 7.89. The highest BCUT2D eigenvalue weighted by Gasteiger charge is 2.29. The predicted octanol–water partition coefficient (Wildman–Crippen LogP) is 3.79. The average molecular weight is 460 g/mol. The van der Waals surface area contributed by atoms with Gasteiger partial charge in [0, 0.05) is 36.1 Å². The highest BCUT2D eigenvalue weighted by atomic mass is 32.2. The first kappa shape index (κ1) is 23.0. The first-order valence-electron chi connectivity index (χ1n) is 11.8. The van der Waals surface area contributed by atoms with E-state index in [0.717, 1.165) is 38.5 Å². The molecule has 2 heterocycles. The topological polar surface area (TPSA) is 99.3 Å². The van der Waals surface area contributed by atoms with Gasteiger partial charge in [0.2, 0.25) is 15.6 Å². The van der Waals surface area contributed by atoms with Crippen LogP contribution in [-0.2, 0) is 10.0 Å². The molecule has 4 rings (SSSR count). The third-order valence-corrected chi connectivity index (χ3v) is 8.77. The van der Waals surface area contributed by atoms with Crippen LogP contribution < -0.4 is 10.9 Å². The molecule has 1 aromatic heterocycles. The number of carbonyl (C=O) groups excluding carboxylic acids is 1. The van der Waals surface area contributed by atoms with Gasteiger partial charge in [-0.2, -0.15) is 4.31 Å². The normalized spacial score (nSPS) is 20.0. The lowest BCUT2D eigenvalue weighted by Crippen LogP contribution is -2.38. The van der Waals surface area contributed by atoms with E-state index in [1.807, 2.05) is 0 Å². The maximum Gasteiger partial charge on any atom is 0.252 e. The number of hydrogen-bond acceptors (Lipinski definition) is 4. The van der Waals surface area contributed by atoms with E-state index in [1.165, 1.54) is 41.8 Å². The number of aromatic amines is 1. The van der Waals surface area contributed by atoms with Crippen molar-refractivity contribution in [3.8, 4) is 0 Å². The molecule has 0 spiro atoms. The van der Waals surface area contributed by atoms with E-state index < -0.39 is 10.0 Å². The van der Waals surface area contributed by atoms with Gasteiger partial charge in [0.25, 0.3) is 5.91 Å². The quantitative estimate of drug-likeness (QED) is 0.727. The molecule has 32 heavy (non-hydrogen) atoms. The van der Waals surface area contributed by atoms with Gasteiger partial charge < -0.3 is 10.3 Å². The predicted molar refractivity (Wildman–Crippen MR) is 125 cm³/mol. The molecule has 2 aromatic rings.